The van der Waals surface area contributed by atoms with Crippen LogP contribution in [0.25, 0.3) is 10.8 Å². The van der Waals surface area contributed by atoms with Crippen LogP contribution in [-0.2, 0) is 26.0 Å². The Hall–Kier alpha value is -6.83. The van der Waals surface area contributed by atoms with E-state index >= 15 is 0 Å². The number of aromatic carboxylic acids is 1. The molecule has 5 rings (SSSR count). The second kappa shape index (κ2) is 17.1. The zero-order valence-corrected chi connectivity index (χ0v) is 31.9. The number of methoxy groups -OCH3 is 1. The maximum atomic E-state index is 12.6. The molecule has 1 heterocycles. The predicted molar refractivity (Wildman–Crippen MR) is 203 cm³/mol. The summed E-state index contributed by atoms with van der Waals surface area (Å²) in [6, 6.07) is 9.54. The number of phenols is 2. The molecule has 1 aromatic heterocycles. The maximum absolute atomic E-state index is 12.6. The van der Waals surface area contributed by atoms with Gasteiger partial charge >= 0.3 is 5.97 Å². The van der Waals surface area contributed by atoms with Crippen molar-refractivity contribution < 1.29 is 62.4 Å². The summed E-state index contributed by atoms with van der Waals surface area (Å²) < 4.78 is 43.6. The van der Waals surface area contributed by atoms with Gasteiger partial charge in [-0.3, -0.25) is 18.7 Å². The van der Waals surface area contributed by atoms with E-state index in [-0.39, 0.29) is 73.2 Å². The number of benzene rings is 4. The van der Waals surface area contributed by atoms with Gasteiger partial charge in [-0.25, -0.2) is 10.1 Å². The highest BCUT2D eigenvalue weighted by Gasteiger charge is 2.23. The fourth-order valence-electron chi connectivity index (χ4n) is 5.48. The number of carbonyl (C=O) groups is 2. The van der Waals surface area contributed by atoms with Gasteiger partial charge in [-0.1, -0.05) is 5.04 Å². The van der Waals surface area contributed by atoms with Crippen molar-refractivity contribution in [2.75, 3.05) is 7.11 Å². The molecule has 302 valence electrons. The van der Waals surface area contributed by atoms with Crippen LogP contribution in [0, 0.1) is 13.8 Å². The fraction of sp³-hybridized carbons (Fsp3) is 0.147. The predicted octanol–water partition coefficient (Wildman–Crippen LogP) is 7.48. The number of azo groups is 3. The molecule has 0 spiro atoms. The number of nitrogens with two attached hydrogens (primary N) is 1. The number of aryl methyl sites for hydroxylation is 1. The molecule has 0 saturated heterocycles. The lowest BCUT2D eigenvalue weighted by Crippen LogP contribution is -2.30. The maximum Gasteiger partial charge on any atom is 0.338 e. The first-order valence-corrected chi connectivity index (χ1v) is 18.3. The van der Waals surface area contributed by atoms with Crippen molar-refractivity contribution in [2.24, 2.45) is 36.4 Å². The third-order valence-corrected chi connectivity index (χ3v) is 9.72. The van der Waals surface area contributed by atoms with Crippen molar-refractivity contribution in [1.82, 2.24) is 4.57 Å². The van der Waals surface area contributed by atoms with E-state index in [0.717, 1.165) is 16.7 Å². The molecule has 0 atom stereocenters. The van der Waals surface area contributed by atoms with E-state index in [4.69, 9.17) is 15.7 Å². The van der Waals surface area contributed by atoms with Crippen LogP contribution < -0.4 is 16.0 Å². The molecule has 58 heavy (non-hydrogen) atoms. The molecule has 0 radical (unpaired) electrons. The van der Waals surface area contributed by atoms with Crippen molar-refractivity contribution >= 4 is 78.9 Å². The van der Waals surface area contributed by atoms with E-state index in [1.54, 1.807) is 13.8 Å². The Bertz CT molecular complexity index is 2770. The van der Waals surface area contributed by atoms with Crippen molar-refractivity contribution in [3.05, 3.63) is 81.1 Å². The summed E-state index contributed by atoms with van der Waals surface area (Å²) in [7, 11) is -3.45. The van der Waals surface area contributed by atoms with E-state index in [1.165, 1.54) is 44.4 Å². The number of hydrogen-bond donors (Lipinski definition) is 7. The Balaban J connectivity index is 1.49. The lowest BCUT2D eigenvalue weighted by atomic mass is 10.1. The van der Waals surface area contributed by atoms with Crippen LogP contribution in [0.4, 0.5) is 34.1 Å². The number of ether oxygens (including phenoxy) is 1. The van der Waals surface area contributed by atoms with Gasteiger partial charge in [0, 0.05) is 24.2 Å². The van der Waals surface area contributed by atoms with Crippen molar-refractivity contribution in [3.8, 4) is 23.1 Å². The summed E-state index contributed by atoms with van der Waals surface area (Å²) in [6.07, 6.45) is 0. The minimum atomic E-state index is -4.75. The van der Waals surface area contributed by atoms with Crippen LogP contribution >= 0.6 is 12.0 Å². The number of fused-ring (bicyclic) bond motifs is 1. The van der Waals surface area contributed by atoms with E-state index in [0.29, 0.717) is 23.7 Å². The second-order valence-electron chi connectivity index (χ2n) is 11.8. The third kappa shape index (κ3) is 8.60. The summed E-state index contributed by atoms with van der Waals surface area (Å²) in [5, 5.41) is 78.6. The number of carboxylic acid groups (broad SMARTS) is 1. The SMILES string of the molecule is CCn1c(O)c(N=Nc2ccc(N=Nc3cc(OC)c(N=Nc4c(SOOO)cc5cc(S(=O)(=O)O)cc(O)c5c4O)cc3C)c(C(=O)O)c2)c(C)c(C(N)=O)c1=O. The number of phenolic OH excluding ortho intramolecular Hbond substituents is 2. The lowest BCUT2D eigenvalue weighted by molar-refractivity contribution is -0.432. The highest BCUT2D eigenvalue weighted by molar-refractivity contribution is 7.94. The molecule has 22 nitrogen and oxygen atoms in total. The molecule has 8 N–H and O–H groups in total. The number of aromatic nitrogens is 1. The molecule has 0 aliphatic heterocycles. The molecule has 5 aromatic rings. The monoisotopic (exact) mass is 838 g/mol. The zero-order chi connectivity index (χ0) is 42.6. The van der Waals surface area contributed by atoms with Crippen LogP contribution in [0.5, 0.6) is 23.1 Å². The highest BCUT2D eigenvalue weighted by Crippen LogP contribution is 2.48. The number of primary amides is 1. The van der Waals surface area contributed by atoms with E-state index in [1.807, 2.05) is 0 Å². The van der Waals surface area contributed by atoms with Crippen molar-refractivity contribution in [1.29, 1.82) is 0 Å². The zero-order valence-electron chi connectivity index (χ0n) is 30.3. The number of nitrogens with zero attached hydrogens (tertiary/aromatic N) is 7. The summed E-state index contributed by atoms with van der Waals surface area (Å²) >= 11 is 0.332. The number of hydrogen-bond acceptors (Lipinski definition) is 19. The van der Waals surface area contributed by atoms with Crippen LogP contribution in [0.2, 0.25) is 0 Å². The van der Waals surface area contributed by atoms with Gasteiger partial charge in [-0.05, 0) is 68.1 Å². The average molecular weight is 839 g/mol. The number of pyridine rings is 1. The van der Waals surface area contributed by atoms with Gasteiger partial charge in [0.15, 0.2) is 5.75 Å². The number of amides is 1. The number of carbonyl (C=O) groups excluding carboxylic acids is 1. The van der Waals surface area contributed by atoms with Gasteiger partial charge in [0.2, 0.25) is 5.88 Å². The Kier molecular flexibility index (Phi) is 12.5. The third-order valence-electron chi connectivity index (χ3n) is 8.27. The van der Waals surface area contributed by atoms with Gasteiger partial charge in [-0.2, -0.15) is 18.6 Å². The molecule has 0 fully saturated rings. The summed E-state index contributed by atoms with van der Waals surface area (Å²) in [5.74, 6) is -4.34. The quantitative estimate of drug-likeness (QED) is 0.0187. The highest BCUT2D eigenvalue weighted by atomic mass is 32.2. The normalized spacial score (nSPS) is 12.0. The number of carboxylic acids is 1. The lowest BCUT2D eigenvalue weighted by Gasteiger charge is -2.12. The topological polar surface area (TPSA) is 340 Å². The van der Waals surface area contributed by atoms with E-state index < -0.39 is 55.4 Å². The Morgan fingerprint density at radius 2 is 1.57 bits per heavy atom. The second-order valence-corrected chi connectivity index (χ2v) is 14.0. The minimum Gasteiger partial charge on any atom is -0.507 e. The molecular formula is C34H30N8O14S2. The smallest absolute Gasteiger partial charge is 0.338 e. The number of aromatic hydroxyl groups is 3. The van der Waals surface area contributed by atoms with Crippen LogP contribution in [0.1, 0.15) is 38.8 Å². The van der Waals surface area contributed by atoms with Crippen LogP contribution in [-0.4, -0.2) is 62.2 Å². The minimum absolute atomic E-state index is 0.00473. The van der Waals surface area contributed by atoms with Crippen LogP contribution in [0.3, 0.4) is 0 Å². The summed E-state index contributed by atoms with van der Waals surface area (Å²) in [6.45, 7) is 4.51. The van der Waals surface area contributed by atoms with Crippen molar-refractivity contribution in [2.45, 2.75) is 37.1 Å². The molecule has 4 aromatic carbocycles. The molecule has 0 unspecified atom stereocenters. The Morgan fingerprint density at radius 3 is 2.19 bits per heavy atom. The fourth-order valence-corrected chi connectivity index (χ4v) is 6.52. The molecule has 1 amide bonds. The Morgan fingerprint density at radius 1 is 0.897 bits per heavy atom. The standard InChI is InChI=1S/C34H30N8O14S2/c1-5-42-32(46)26(31(35)45)15(3)28(33(42)47)40-36-17-6-7-20(19(11-17)34(48)49)37-38-21-13-24(54-4)22(8-14(21)2)39-41-29-25(57-56-55-50)10-16-9-18(58(51,52)53)12-23(43)27(16)30(29)44/h6-13,43-44,47,50H,5H2,1-4H3,(H2,35,45)(H,48,49)(H,51,52,53). The first-order chi connectivity index (χ1) is 27.4. The average Bonchev–Trinajstić information content (AvgIpc) is 3.15. The molecule has 0 bridgehead atoms. The molecule has 0 saturated carbocycles. The summed E-state index contributed by atoms with van der Waals surface area (Å²) in [5.41, 5.74) is 3.89. The van der Waals surface area contributed by atoms with Crippen molar-refractivity contribution in [3.63, 3.8) is 0 Å². The van der Waals surface area contributed by atoms with Gasteiger partial charge in [0.25, 0.3) is 21.6 Å². The molecule has 0 aliphatic carbocycles. The summed E-state index contributed by atoms with van der Waals surface area (Å²) in [4.78, 5) is 36.0. The Labute approximate surface area is 330 Å². The van der Waals surface area contributed by atoms with E-state index in [9.17, 15) is 47.8 Å². The van der Waals surface area contributed by atoms with Gasteiger partial charge < -0.3 is 30.9 Å². The number of rotatable bonds is 14. The first-order valence-electron chi connectivity index (χ1n) is 16.1. The largest absolute Gasteiger partial charge is 0.507 e. The first kappa shape index (κ1) is 42.3. The molecule has 24 heteroatoms. The molecular weight excluding hydrogens is 809 g/mol. The van der Waals surface area contributed by atoms with E-state index in [2.05, 4.69) is 40.1 Å². The van der Waals surface area contributed by atoms with Gasteiger partial charge in [0.1, 0.15) is 39.8 Å². The van der Waals surface area contributed by atoms with Gasteiger partial charge in [-0.15, -0.1) is 24.8 Å². The van der Waals surface area contributed by atoms with Crippen LogP contribution in [0.15, 0.2) is 93.8 Å². The molecule has 0 aliphatic rings. The van der Waals surface area contributed by atoms with Gasteiger partial charge in [0.05, 0.1) is 51.3 Å².